The van der Waals surface area contributed by atoms with Crippen molar-refractivity contribution in [1.82, 2.24) is 24.8 Å². The third-order valence-electron chi connectivity index (χ3n) is 5.43. The van der Waals surface area contributed by atoms with Crippen LogP contribution in [0.15, 0.2) is 12.7 Å². The number of fused-ring (bicyclic) bond motifs is 1. The number of aromatic nitrogens is 4. The molecule has 0 radical (unpaired) electrons. The van der Waals surface area contributed by atoms with E-state index in [4.69, 9.17) is 10.5 Å². The number of nitrogens with two attached hydrogens (primary N) is 1. The molecule has 0 spiro atoms. The molecule has 3 rings (SSSR count). The number of unbranched alkanes of at least 4 members (excludes halogenated alkanes) is 2. The summed E-state index contributed by atoms with van der Waals surface area (Å²) in [4.78, 5) is 27.3. The van der Waals surface area contributed by atoms with E-state index in [1.165, 1.54) is 12.7 Å². The van der Waals surface area contributed by atoms with Crippen LogP contribution in [0.25, 0.3) is 11.2 Å². The molecule has 1 amide bonds. The third kappa shape index (κ3) is 5.31. The van der Waals surface area contributed by atoms with Crippen LogP contribution in [0, 0.1) is 0 Å². The fourth-order valence-corrected chi connectivity index (χ4v) is 4.65. The van der Waals surface area contributed by atoms with Crippen LogP contribution in [0.2, 0.25) is 0 Å². The maximum Gasteiger partial charge on any atom is 0.238 e. The van der Waals surface area contributed by atoms with Gasteiger partial charge >= 0.3 is 0 Å². The predicted molar refractivity (Wildman–Crippen MR) is 123 cm³/mol. The molecule has 0 bridgehead atoms. The number of nitrogens with zero attached hydrogens (tertiary/aromatic N) is 5. The molecule has 12 heteroatoms. The number of aliphatic hydroxyl groups is 2. The molecular weight excluding hydrogens is 434 g/mol. The quantitative estimate of drug-likeness (QED) is 0.329. The number of carbonyl (C=O) groups excluding carboxylic acids is 1. The molecule has 0 saturated carbocycles. The molecule has 3 heterocycles. The van der Waals surface area contributed by atoms with Crippen molar-refractivity contribution < 1.29 is 19.7 Å². The van der Waals surface area contributed by atoms with Crippen LogP contribution >= 0.6 is 11.8 Å². The Balaban J connectivity index is 1.69. The summed E-state index contributed by atoms with van der Waals surface area (Å²) < 4.78 is 7.47. The number of thioether (sulfide) groups is 1. The van der Waals surface area contributed by atoms with E-state index in [-0.39, 0.29) is 12.5 Å². The van der Waals surface area contributed by atoms with E-state index in [0.717, 1.165) is 25.0 Å². The molecule has 5 N–H and O–H groups in total. The van der Waals surface area contributed by atoms with Gasteiger partial charge in [-0.1, -0.05) is 19.8 Å². The van der Waals surface area contributed by atoms with Crippen LogP contribution in [0.1, 0.15) is 32.4 Å². The second-order valence-corrected chi connectivity index (χ2v) is 9.23. The summed E-state index contributed by atoms with van der Waals surface area (Å²) in [7, 11) is 3.70. The van der Waals surface area contributed by atoms with Crippen LogP contribution in [0.3, 0.4) is 0 Å². The number of hydrogen-bond donors (Lipinski definition) is 4. The van der Waals surface area contributed by atoms with E-state index >= 15 is 0 Å². The standard InChI is InChI=1S/C20H33N7O4S/c1-4-5-6-7-32-9-12(21)19(30)25-14-13(8-28)31-20(16(14)29)27-11-24-15-17(26(2)3)22-10-23-18(15)27/h10-14,16,20,28-29H,4-9,21H2,1-3H3,(H,25,30)/t12-,13+,14+,16+,20+/m0/s1. The van der Waals surface area contributed by atoms with Gasteiger partial charge in [-0.25, -0.2) is 15.0 Å². The number of carbonyl (C=O) groups is 1. The first-order valence-electron chi connectivity index (χ1n) is 10.8. The zero-order valence-electron chi connectivity index (χ0n) is 18.7. The number of amides is 1. The molecule has 5 atom stereocenters. The molecule has 0 aliphatic carbocycles. The summed E-state index contributed by atoms with van der Waals surface area (Å²) in [6.45, 7) is 1.77. The van der Waals surface area contributed by atoms with Gasteiger partial charge in [-0.05, 0) is 12.2 Å². The molecule has 1 fully saturated rings. The summed E-state index contributed by atoms with van der Waals surface area (Å²) in [6, 6.07) is -1.53. The van der Waals surface area contributed by atoms with Gasteiger partial charge in [0.05, 0.1) is 25.0 Å². The van der Waals surface area contributed by atoms with Crippen LogP contribution in [0.5, 0.6) is 0 Å². The molecular formula is C20H33N7O4S. The first-order chi connectivity index (χ1) is 15.4. The van der Waals surface area contributed by atoms with Gasteiger partial charge in [-0.2, -0.15) is 11.8 Å². The molecule has 1 saturated heterocycles. The van der Waals surface area contributed by atoms with Crippen molar-refractivity contribution in [3.05, 3.63) is 12.7 Å². The van der Waals surface area contributed by atoms with Gasteiger partial charge in [0.15, 0.2) is 23.2 Å². The Bertz CT molecular complexity index is 896. The van der Waals surface area contributed by atoms with Gasteiger partial charge in [0.25, 0.3) is 0 Å². The second kappa shape index (κ2) is 11.2. The van der Waals surface area contributed by atoms with E-state index in [2.05, 4.69) is 27.2 Å². The lowest BCUT2D eigenvalue weighted by Crippen LogP contribution is -2.53. The number of imidazole rings is 1. The highest BCUT2D eigenvalue weighted by Gasteiger charge is 2.46. The lowest BCUT2D eigenvalue weighted by atomic mass is 10.1. The van der Waals surface area contributed by atoms with Crippen molar-refractivity contribution in [1.29, 1.82) is 0 Å². The Kier molecular flexibility index (Phi) is 8.65. The normalized spacial score (nSPS) is 24.1. The molecule has 178 valence electrons. The largest absolute Gasteiger partial charge is 0.394 e. The molecule has 2 aromatic heterocycles. The predicted octanol–water partition coefficient (Wildman–Crippen LogP) is -0.122. The molecule has 0 unspecified atom stereocenters. The Hall–Kier alpha value is -1.99. The number of ether oxygens (including phenoxy) is 1. The van der Waals surface area contributed by atoms with Crippen LogP contribution < -0.4 is 16.0 Å². The van der Waals surface area contributed by atoms with Gasteiger partial charge in [-0.15, -0.1) is 0 Å². The van der Waals surface area contributed by atoms with Crippen molar-refractivity contribution >= 4 is 34.7 Å². The van der Waals surface area contributed by atoms with Crippen LogP contribution in [0.4, 0.5) is 5.82 Å². The fraction of sp³-hybridized carbons (Fsp3) is 0.700. The first kappa shape index (κ1) is 24.6. The minimum absolute atomic E-state index is 0.371. The summed E-state index contributed by atoms with van der Waals surface area (Å²) >= 11 is 1.64. The van der Waals surface area contributed by atoms with Crippen molar-refractivity contribution in [3.8, 4) is 0 Å². The summed E-state index contributed by atoms with van der Waals surface area (Å²) in [5.74, 6) is 1.69. The monoisotopic (exact) mass is 467 g/mol. The van der Waals surface area contributed by atoms with Gasteiger partial charge in [0.1, 0.15) is 18.5 Å². The van der Waals surface area contributed by atoms with Crippen molar-refractivity contribution in [3.63, 3.8) is 0 Å². The number of rotatable bonds is 11. The zero-order chi connectivity index (χ0) is 23.3. The molecule has 32 heavy (non-hydrogen) atoms. The number of hydrogen-bond acceptors (Lipinski definition) is 10. The highest BCUT2D eigenvalue weighted by molar-refractivity contribution is 7.99. The lowest BCUT2D eigenvalue weighted by Gasteiger charge is -2.22. The summed E-state index contributed by atoms with van der Waals surface area (Å²) in [5, 5.41) is 23.5. The van der Waals surface area contributed by atoms with E-state index in [1.807, 2.05) is 19.0 Å². The van der Waals surface area contributed by atoms with Gasteiger partial charge in [0, 0.05) is 19.8 Å². The van der Waals surface area contributed by atoms with Crippen molar-refractivity contribution in [2.45, 2.75) is 56.7 Å². The second-order valence-electron chi connectivity index (χ2n) is 8.08. The SMILES string of the molecule is CCCCCSC[C@H](N)C(=O)N[C@H]1[C@@H](O)[C@H](n2cnc3c(N(C)C)ncnc32)O[C@@H]1CO. The highest BCUT2D eigenvalue weighted by atomic mass is 32.2. The summed E-state index contributed by atoms with van der Waals surface area (Å²) in [5.41, 5.74) is 7.08. The Labute approximate surface area is 191 Å². The average molecular weight is 468 g/mol. The van der Waals surface area contributed by atoms with Gasteiger partial charge < -0.3 is 30.9 Å². The van der Waals surface area contributed by atoms with Crippen molar-refractivity contribution in [2.24, 2.45) is 5.73 Å². The zero-order valence-corrected chi connectivity index (χ0v) is 19.5. The minimum atomic E-state index is -1.13. The average Bonchev–Trinajstić information content (AvgIpc) is 3.34. The first-order valence-corrected chi connectivity index (χ1v) is 12.0. The molecule has 2 aromatic rings. The Morgan fingerprint density at radius 2 is 2.16 bits per heavy atom. The fourth-order valence-electron chi connectivity index (χ4n) is 3.67. The summed E-state index contributed by atoms with van der Waals surface area (Å²) in [6.07, 6.45) is 3.51. The van der Waals surface area contributed by atoms with Crippen LogP contribution in [-0.4, -0.2) is 92.1 Å². The lowest BCUT2D eigenvalue weighted by molar-refractivity contribution is -0.123. The van der Waals surface area contributed by atoms with Gasteiger partial charge in [0.2, 0.25) is 5.91 Å². The minimum Gasteiger partial charge on any atom is -0.394 e. The molecule has 1 aliphatic rings. The highest BCUT2D eigenvalue weighted by Crippen LogP contribution is 2.32. The van der Waals surface area contributed by atoms with E-state index in [0.29, 0.717) is 22.7 Å². The topological polar surface area (TPSA) is 152 Å². The maximum atomic E-state index is 12.6. The molecule has 0 aromatic carbocycles. The molecule has 11 nitrogen and oxygen atoms in total. The smallest absolute Gasteiger partial charge is 0.238 e. The van der Waals surface area contributed by atoms with E-state index < -0.39 is 30.5 Å². The van der Waals surface area contributed by atoms with Gasteiger partial charge in [-0.3, -0.25) is 9.36 Å². The van der Waals surface area contributed by atoms with Crippen LogP contribution in [-0.2, 0) is 9.53 Å². The van der Waals surface area contributed by atoms with E-state index in [9.17, 15) is 15.0 Å². The Morgan fingerprint density at radius 1 is 1.38 bits per heavy atom. The maximum absolute atomic E-state index is 12.6. The number of anilines is 1. The molecule has 1 aliphatic heterocycles. The third-order valence-corrected chi connectivity index (χ3v) is 6.60. The number of aliphatic hydroxyl groups excluding tert-OH is 2. The van der Waals surface area contributed by atoms with E-state index in [1.54, 1.807) is 16.3 Å². The van der Waals surface area contributed by atoms with Crippen molar-refractivity contribution in [2.75, 3.05) is 37.1 Å². The number of nitrogens with one attached hydrogen (secondary N) is 1. The Morgan fingerprint density at radius 3 is 2.84 bits per heavy atom.